The molecule has 1 aliphatic heterocycles. The van der Waals surface area contributed by atoms with Gasteiger partial charge in [-0.3, -0.25) is 4.79 Å². The molecule has 6 heteroatoms. The van der Waals surface area contributed by atoms with E-state index in [-0.39, 0.29) is 5.91 Å². The molecule has 2 aromatic rings. The van der Waals surface area contributed by atoms with Crippen molar-refractivity contribution in [3.63, 3.8) is 0 Å². The molecule has 0 spiro atoms. The summed E-state index contributed by atoms with van der Waals surface area (Å²) in [6, 6.07) is 8.18. The third-order valence-corrected chi connectivity index (χ3v) is 6.08. The minimum absolute atomic E-state index is 0.150. The number of para-hydroxylation sites is 1. The monoisotopic (exact) mass is 386 g/mol. The van der Waals surface area contributed by atoms with Crippen LogP contribution in [0.2, 0.25) is 0 Å². The predicted molar refractivity (Wildman–Crippen MR) is 111 cm³/mol. The van der Waals surface area contributed by atoms with Crippen LogP contribution in [0.1, 0.15) is 57.3 Å². The topological polar surface area (TPSA) is 51.0 Å². The molecule has 0 fully saturated rings. The molecule has 3 rings (SSSR count). The van der Waals surface area contributed by atoms with E-state index in [9.17, 15) is 4.79 Å². The van der Waals surface area contributed by atoms with Gasteiger partial charge in [0.15, 0.2) is 5.16 Å². The third-order valence-electron chi connectivity index (χ3n) is 5.13. The Morgan fingerprint density at radius 1 is 1.11 bits per heavy atom. The number of carbonyl (C=O) groups is 1. The zero-order chi connectivity index (χ0) is 19.1. The number of fused-ring (bicyclic) bond motifs is 1. The fourth-order valence-corrected chi connectivity index (χ4v) is 4.51. The van der Waals surface area contributed by atoms with Gasteiger partial charge in [0.1, 0.15) is 5.82 Å². The maximum Gasteiger partial charge on any atom is 0.237 e. The van der Waals surface area contributed by atoms with E-state index in [0.29, 0.717) is 5.75 Å². The summed E-state index contributed by atoms with van der Waals surface area (Å²) in [4.78, 5) is 14.6. The highest BCUT2D eigenvalue weighted by Gasteiger charge is 2.24. The Hall–Kier alpha value is -1.82. The molecule has 1 aliphatic rings. The average Bonchev–Trinajstić information content (AvgIpc) is 3.29. The molecular weight excluding hydrogens is 356 g/mol. The van der Waals surface area contributed by atoms with Crippen LogP contribution in [0.5, 0.6) is 0 Å². The molecule has 1 aromatic heterocycles. The van der Waals surface area contributed by atoms with Crippen molar-refractivity contribution in [3.8, 4) is 0 Å². The van der Waals surface area contributed by atoms with E-state index in [4.69, 9.17) is 0 Å². The first-order valence-electron chi connectivity index (χ1n) is 10.2. The summed E-state index contributed by atoms with van der Waals surface area (Å²) in [5.74, 6) is 1.61. The van der Waals surface area contributed by atoms with Crippen molar-refractivity contribution < 1.29 is 4.79 Å². The first-order valence-corrected chi connectivity index (χ1v) is 11.2. The van der Waals surface area contributed by atoms with Crippen LogP contribution in [0, 0.1) is 0 Å². The molecule has 1 amide bonds. The van der Waals surface area contributed by atoms with Gasteiger partial charge in [-0.1, -0.05) is 62.6 Å². The smallest absolute Gasteiger partial charge is 0.237 e. The lowest BCUT2D eigenvalue weighted by molar-refractivity contribution is -0.116. The third kappa shape index (κ3) is 4.92. The average molecular weight is 387 g/mol. The highest BCUT2D eigenvalue weighted by Crippen LogP contribution is 2.28. The summed E-state index contributed by atoms with van der Waals surface area (Å²) in [7, 11) is 0. The molecule has 0 unspecified atom stereocenters. The minimum atomic E-state index is 0.150. The summed E-state index contributed by atoms with van der Waals surface area (Å²) in [6.07, 6.45) is 8.19. The zero-order valence-corrected chi connectivity index (χ0v) is 17.3. The van der Waals surface area contributed by atoms with E-state index >= 15 is 0 Å². The predicted octanol–water partition coefficient (Wildman–Crippen LogP) is 4.49. The molecular formula is C21H30N4OS. The molecule has 27 heavy (non-hydrogen) atoms. The number of carbonyl (C=O) groups excluding carboxylic acids is 1. The number of hydrogen-bond acceptors (Lipinski definition) is 4. The molecule has 0 saturated heterocycles. The maximum atomic E-state index is 12.7. The van der Waals surface area contributed by atoms with Crippen molar-refractivity contribution in [3.05, 3.63) is 35.7 Å². The molecule has 2 heterocycles. The lowest BCUT2D eigenvalue weighted by Gasteiger charge is -2.17. The van der Waals surface area contributed by atoms with Gasteiger partial charge in [0.25, 0.3) is 0 Å². The fraction of sp³-hybridized carbons (Fsp3) is 0.571. The van der Waals surface area contributed by atoms with Gasteiger partial charge in [-0.15, -0.1) is 10.2 Å². The van der Waals surface area contributed by atoms with Gasteiger partial charge >= 0.3 is 0 Å². The summed E-state index contributed by atoms with van der Waals surface area (Å²) in [6.45, 7) is 5.98. The van der Waals surface area contributed by atoms with Gasteiger partial charge in [-0.2, -0.15) is 0 Å². The largest absolute Gasteiger partial charge is 0.311 e. The number of rotatable bonds is 10. The Balaban J connectivity index is 1.54. The van der Waals surface area contributed by atoms with Crippen LogP contribution in [-0.2, 0) is 24.2 Å². The van der Waals surface area contributed by atoms with Crippen molar-refractivity contribution in [2.75, 3.05) is 17.2 Å². The molecule has 5 nitrogen and oxygen atoms in total. The number of nitrogens with zero attached hydrogens (tertiary/aromatic N) is 4. The van der Waals surface area contributed by atoms with E-state index in [0.717, 1.165) is 49.0 Å². The first kappa shape index (κ1) is 19.9. The second-order valence-corrected chi connectivity index (χ2v) is 7.96. The van der Waals surface area contributed by atoms with Crippen LogP contribution in [-0.4, -0.2) is 33.0 Å². The van der Waals surface area contributed by atoms with Crippen LogP contribution in [0.25, 0.3) is 0 Å². The van der Waals surface area contributed by atoms with Crippen LogP contribution in [0.15, 0.2) is 29.4 Å². The standard InChI is InChI=1S/C21H30N4OS/c1-3-5-6-7-8-13-19-22-23-21(24(19)4-2)27-16-20(26)25-15-14-17-11-9-10-12-18(17)25/h9-12H,3-8,13-16H2,1-2H3. The fourth-order valence-electron chi connectivity index (χ4n) is 3.62. The number of aromatic nitrogens is 3. The molecule has 0 aliphatic carbocycles. The number of hydrogen-bond donors (Lipinski definition) is 0. The number of thioether (sulfide) groups is 1. The van der Waals surface area contributed by atoms with E-state index in [1.165, 1.54) is 43.0 Å². The summed E-state index contributed by atoms with van der Waals surface area (Å²) < 4.78 is 2.16. The van der Waals surface area contributed by atoms with Gasteiger partial charge in [0.2, 0.25) is 5.91 Å². The van der Waals surface area contributed by atoms with E-state index < -0.39 is 0 Å². The van der Waals surface area contributed by atoms with Crippen LogP contribution < -0.4 is 4.90 Å². The second-order valence-electron chi connectivity index (χ2n) is 7.02. The number of aryl methyl sites for hydroxylation is 1. The van der Waals surface area contributed by atoms with Gasteiger partial charge in [-0.25, -0.2) is 0 Å². The summed E-state index contributed by atoms with van der Waals surface area (Å²) in [5.41, 5.74) is 2.32. The number of amides is 1. The van der Waals surface area contributed by atoms with Crippen LogP contribution in [0.3, 0.4) is 0 Å². The molecule has 0 atom stereocenters. The quantitative estimate of drug-likeness (QED) is 0.446. The zero-order valence-electron chi connectivity index (χ0n) is 16.5. The highest BCUT2D eigenvalue weighted by atomic mass is 32.2. The normalized spacial score (nSPS) is 13.2. The van der Waals surface area contributed by atoms with Crippen LogP contribution >= 0.6 is 11.8 Å². The lowest BCUT2D eigenvalue weighted by Crippen LogP contribution is -2.30. The second kappa shape index (κ2) is 9.93. The van der Waals surface area contributed by atoms with Gasteiger partial charge in [0.05, 0.1) is 5.75 Å². The van der Waals surface area contributed by atoms with Gasteiger partial charge in [0, 0.05) is 25.2 Å². The van der Waals surface area contributed by atoms with Crippen molar-refractivity contribution in [1.82, 2.24) is 14.8 Å². The van der Waals surface area contributed by atoms with Crippen molar-refractivity contribution in [2.24, 2.45) is 0 Å². The van der Waals surface area contributed by atoms with Crippen molar-refractivity contribution in [1.29, 1.82) is 0 Å². The van der Waals surface area contributed by atoms with Crippen LogP contribution in [0.4, 0.5) is 5.69 Å². The lowest BCUT2D eigenvalue weighted by atomic mass is 10.1. The SMILES string of the molecule is CCCCCCCc1nnc(SCC(=O)N2CCc3ccccc32)n1CC. The Labute approximate surface area is 166 Å². The number of unbranched alkanes of at least 4 members (excludes halogenated alkanes) is 4. The number of benzene rings is 1. The minimum Gasteiger partial charge on any atom is -0.311 e. The first-order chi connectivity index (χ1) is 13.2. The van der Waals surface area contributed by atoms with Gasteiger partial charge < -0.3 is 9.47 Å². The Morgan fingerprint density at radius 3 is 2.74 bits per heavy atom. The highest BCUT2D eigenvalue weighted by molar-refractivity contribution is 7.99. The summed E-state index contributed by atoms with van der Waals surface area (Å²) >= 11 is 1.51. The Morgan fingerprint density at radius 2 is 1.93 bits per heavy atom. The van der Waals surface area contributed by atoms with E-state index in [1.54, 1.807) is 0 Å². The molecule has 0 saturated carbocycles. The summed E-state index contributed by atoms with van der Waals surface area (Å²) in [5, 5.41) is 9.60. The molecule has 0 N–H and O–H groups in total. The Kier molecular flexibility index (Phi) is 7.33. The van der Waals surface area contributed by atoms with E-state index in [2.05, 4.69) is 34.7 Å². The molecule has 0 bridgehead atoms. The van der Waals surface area contributed by atoms with E-state index in [1.807, 2.05) is 23.1 Å². The van der Waals surface area contributed by atoms with Crippen molar-refractivity contribution in [2.45, 2.75) is 70.5 Å². The maximum absolute atomic E-state index is 12.7. The number of anilines is 1. The van der Waals surface area contributed by atoms with Crippen molar-refractivity contribution >= 4 is 23.4 Å². The molecule has 146 valence electrons. The van der Waals surface area contributed by atoms with Gasteiger partial charge in [-0.05, 0) is 31.4 Å². The molecule has 0 radical (unpaired) electrons. The molecule has 1 aromatic carbocycles. The Bertz CT molecular complexity index is 758.